The van der Waals surface area contributed by atoms with Gasteiger partial charge in [0, 0.05) is 17.4 Å². The quantitative estimate of drug-likeness (QED) is 0.543. The zero-order valence-electron chi connectivity index (χ0n) is 14.4. The summed E-state index contributed by atoms with van der Waals surface area (Å²) in [7, 11) is 0. The summed E-state index contributed by atoms with van der Waals surface area (Å²) in [5, 5.41) is 2.84. The highest BCUT2D eigenvalue weighted by molar-refractivity contribution is 6.20. The third kappa shape index (κ3) is 2.95. The first kappa shape index (κ1) is 16.6. The molecule has 4 aromatic rings. The fourth-order valence-electron chi connectivity index (χ4n) is 3.14. The number of hydrogen-bond acceptors (Lipinski definition) is 3. The summed E-state index contributed by atoms with van der Waals surface area (Å²) in [5.74, 6) is -0.581. The van der Waals surface area contributed by atoms with Crippen LogP contribution in [0.3, 0.4) is 0 Å². The van der Waals surface area contributed by atoms with E-state index in [0.717, 1.165) is 0 Å². The van der Waals surface area contributed by atoms with Gasteiger partial charge in [0.25, 0.3) is 5.91 Å². The molecule has 0 unspecified atom stereocenters. The molecule has 2 heterocycles. The molecule has 5 nitrogen and oxygen atoms in total. The van der Waals surface area contributed by atoms with Crippen LogP contribution in [0.1, 0.15) is 26.4 Å². The Balaban J connectivity index is 1.84. The number of benzene rings is 2. The van der Waals surface area contributed by atoms with Gasteiger partial charge < -0.3 is 15.5 Å². The van der Waals surface area contributed by atoms with Crippen LogP contribution >= 0.6 is 0 Å². The number of nitrogens with zero attached hydrogens (tertiary/aromatic N) is 1. The molecule has 5 heteroatoms. The van der Waals surface area contributed by atoms with E-state index >= 15 is 0 Å². The number of anilines is 2. The Morgan fingerprint density at radius 2 is 1.44 bits per heavy atom. The van der Waals surface area contributed by atoms with E-state index < -0.39 is 0 Å². The van der Waals surface area contributed by atoms with Crippen LogP contribution < -0.4 is 11.1 Å². The maximum Gasteiger partial charge on any atom is 0.259 e. The number of aromatic nitrogens is 1. The Morgan fingerprint density at radius 1 is 0.815 bits per heavy atom. The second kappa shape index (κ2) is 6.80. The van der Waals surface area contributed by atoms with E-state index in [2.05, 4.69) is 5.32 Å². The van der Waals surface area contributed by atoms with Crippen molar-refractivity contribution in [3.8, 4) is 0 Å². The number of nitrogen functional groups attached to an aromatic ring is 1. The summed E-state index contributed by atoms with van der Waals surface area (Å²) in [6.45, 7) is 0. The topological polar surface area (TPSA) is 76.6 Å². The Kier molecular flexibility index (Phi) is 4.18. The number of pyridine rings is 1. The van der Waals surface area contributed by atoms with E-state index in [1.54, 1.807) is 59.1 Å². The van der Waals surface area contributed by atoms with Crippen LogP contribution in [-0.2, 0) is 0 Å². The largest absolute Gasteiger partial charge is 0.396 e. The van der Waals surface area contributed by atoms with Crippen LogP contribution in [-0.4, -0.2) is 16.1 Å². The normalized spacial score (nSPS) is 10.7. The highest BCUT2D eigenvalue weighted by atomic mass is 16.2. The van der Waals surface area contributed by atoms with Gasteiger partial charge in [-0.25, -0.2) is 0 Å². The molecule has 2 aromatic carbocycles. The summed E-state index contributed by atoms with van der Waals surface area (Å²) in [5.41, 5.74) is 8.82. The van der Waals surface area contributed by atoms with Crippen LogP contribution in [0.2, 0.25) is 0 Å². The minimum absolute atomic E-state index is 0.170. The first-order chi connectivity index (χ1) is 13.2. The minimum atomic E-state index is -0.352. The van der Waals surface area contributed by atoms with Crippen LogP contribution in [0.15, 0.2) is 85.1 Å². The van der Waals surface area contributed by atoms with Gasteiger partial charge in [-0.2, -0.15) is 0 Å². The standard InChI is InChI=1S/C22H17N3O2/c23-19-18(22(27)24-16-11-5-2-6-12-16)17-13-7-8-14-25(17)20(19)21(26)15-9-3-1-4-10-15/h1-14H,23H2,(H,24,27). The number of hydrogen-bond donors (Lipinski definition) is 2. The van der Waals surface area contributed by atoms with Crippen molar-refractivity contribution in [1.29, 1.82) is 0 Å². The minimum Gasteiger partial charge on any atom is -0.396 e. The lowest BCUT2D eigenvalue weighted by Crippen LogP contribution is -2.14. The molecular weight excluding hydrogens is 338 g/mol. The van der Waals surface area contributed by atoms with Gasteiger partial charge in [0.05, 0.1) is 16.8 Å². The van der Waals surface area contributed by atoms with Crippen LogP contribution in [0.25, 0.3) is 5.52 Å². The smallest absolute Gasteiger partial charge is 0.259 e. The molecule has 3 N–H and O–H groups in total. The lowest BCUT2D eigenvalue weighted by atomic mass is 10.1. The van der Waals surface area contributed by atoms with Crippen molar-refractivity contribution in [2.24, 2.45) is 0 Å². The Hall–Kier alpha value is -3.86. The van der Waals surface area contributed by atoms with Crippen LogP contribution in [0.4, 0.5) is 11.4 Å². The number of rotatable bonds is 4. The van der Waals surface area contributed by atoms with Crippen molar-refractivity contribution in [1.82, 2.24) is 4.40 Å². The summed E-state index contributed by atoms with van der Waals surface area (Å²) in [6, 6.07) is 23.4. The van der Waals surface area contributed by atoms with E-state index in [-0.39, 0.29) is 23.1 Å². The van der Waals surface area contributed by atoms with Gasteiger partial charge in [-0.05, 0) is 24.3 Å². The molecule has 132 valence electrons. The van der Waals surface area contributed by atoms with Crippen LogP contribution in [0, 0.1) is 0 Å². The van der Waals surface area contributed by atoms with Crippen LogP contribution in [0.5, 0.6) is 0 Å². The molecule has 27 heavy (non-hydrogen) atoms. The molecule has 1 amide bonds. The maximum absolute atomic E-state index is 13.0. The molecule has 0 spiro atoms. The molecule has 0 radical (unpaired) electrons. The Morgan fingerprint density at radius 3 is 2.15 bits per heavy atom. The molecule has 0 bridgehead atoms. The van der Waals surface area contributed by atoms with Gasteiger partial charge in [0.15, 0.2) is 0 Å². The average molecular weight is 355 g/mol. The van der Waals surface area contributed by atoms with E-state index in [4.69, 9.17) is 5.73 Å². The number of amides is 1. The van der Waals surface area contributed by atoms with Crippen molar-refractivity contribution in [2.75, 3.05) is 11.1 Å². The number of para-hydroxylation sites is 1. The van der Waals surface area contributed by atoms with Crippen molar-refractivity contribution in [3.63, 3.8) is 0 Å². The highest BCUT2D eigenvalue weighted by Gasteiger charge is 2.26. The van der Waals surface area contributed by atoms with Crippen molar-refractivity contribution < 1.29 is 9.59 Å². The monoisotopic (exact) mass is 355 g/mol. The van der Waals surface area contributed by atoms with E-state index in [1.807, 2.05) is 30.3 Å². The molecule has 2 aromatic heterocycles. The molecule has 0 saturated carbocycles. The van der Waals surface area contributed by atoms with E-state index in [0.29, 0.717) is 22.3 Å². The SMILES string of the molecule is Nc1c(C(=O)Nc2ccccc2)c2ccccn2c1C(=O)c1ccccc1. The number of nitrogens with one attached hydrogen (secondary N) is 1. The first-order valence-corrected chi connectivity index (χ1v) is 8.51. The zero-order valence-corrected chi connectivity index (χ0v) is 14.4. The third-order valence-electron chi connectivity index (χ3n) is 4.39. The molecular formula is C22H17N3O2. The fourth-order valence-corrected chi connectivity index (χ4v) is 3.14. The first-order valence-electron chi connectivity index (χ1n) is 8.51. The molecule has 0 atom stereocenters. The summed E-state index contributed by atoms with van der Waals surface area (Å²) in [4.78, 5) is 25.9. The Labute approximate surface area is 156 Å². The number of fused-ring (bicyclic) bond motifs is 1. The summed E-state index contributed by atoms with van der Waals surface area (Å²) >= 11 is 0. The van der Waals surface area contributed by atoms with E-state index in [9.17, 15) is 9.59 Å². The van der Waals surface area contributed by atoms with Gasteiger partial charge in [0.2, 0.25) is 5.78 Å². The number of carbonyl (C=O) groups excluding carboxylic acids is 2. The van der Waals surface area contributed by atoms with Gasteiger partial charge in [-0.3, -0.25) is 9.59 Å². The van der Waals surface area contributed by atoms with Gasteiger partial charge >= 0.3 is 0 Å². The molecule has 4 rings (SSSR count). The van der Waals surface area contributed by atoms with Crippen molar-refractivity contribution in [3.05, 3.63) is 102 Å². The molecule has 0 aliphatic rings. The van der Waals surface area contributed by atoms with Crippen molar-refractivity contribution in [2.45, 2.75) is 0 Å². The van der Waals surface area contributed by atoms with Gasteiger partial charge in [-0.15, -0.1) is 0 Å². The zero-order chi connectivity index (χ0) is 18.8. The summed E-state index contributed by atoms with van der Waals surface area (Å²) in [6.07, 6.45) is 1.74. The second-order valence-electron chi connectivity index (χ2n) is 6.11. The fraction of sp³-hybridized carbons (Fsp3) is 0. The second-order valence-corrected chi connectivity index (χ2v) is 6.11. The highest BCUT2D eigenvalue weighted by Crippen LogP contribution is 2.29. The predicted molar refractivity (Wildman–Crippen MR) is 106 cm³/mol. The van der Waals surface area contributed by atoms with Crippen molar-refractivity contribution >= 4 is 28.6 Å². The lowest BCUT2D eigenvalue weighted by Gasteiger charge is -2.05. The maximum atomic E-state index is 13.0. The lowest BCUT2D eigenvalue weighted by molar-refractivity contribution is 0.102. The Bertz CT molecular complexity index is 1130. The van der Waals surface area contributed by atoms with Gasteiger partial charge in [-0.1, -0.05) is 54.6 Å². The molecule has 0 saturated heterocycles. The molecule has 0 fully saturated rings. The number of nitrogens with two attached hydrogens (primary N) is 1. The van der Waals surface area contributed by atoms with E-state index in [1.165, 1.54) is 0 Å². The number of ketones is 1. The molecule has 0 aliphatic carbocycles. The number of carbonyl (C=O) groups is 2. The average Bonchev–Trinajstić information content (AvgIpc) is 3.00. The third-order valence-corrected chi connectivity index (χ3v) is 4.39. The summed E-state index contributed by atoms with van der Waals surface area (Å²) < 4.78 is 1.67. The molecule has 0 aliphatic heterocycles. The van der Waals surface area contributed by atoms with Gasteiger partial charge in [0.1, 0.15) is 5.69 Å². The predicted octanol–water partition coefficient (Wildman–Crippen LogP) is 4.00.